The van der Waals surface area contributed by atoms with Crippen LogP contribution >= 0.6 is 0 Å². The third-order valence-corrected chi connectivity index (χ3v) is 4.33. The van der Waals surface area contributed by atoms with Crippen LogP contribution in [0.4, 0.5) is 0 Å². The van der Waals surface area contributed by atoms with E-state index in [2.05, 4.69) is 0 Å². The molecule has 1 saturated carbocycles. The van der Waals surface area contributed by atoms with Crippen LogP contribution in [0.3, 0.4) is 0 Å². The summed E-state index contributed by atoms with van der Waals surface area (Å²) in [6, 6.07) is 0. The molecule has 0 spiro atoms. The lowest BCUT2D eigenvalue weighted by molar-refractivity contribution is -0.162. The Labute approximate surface area is 120 Å². The fraction of sp³-hybridized carbons (Fsp3) is 0.923. The summed E-state index contributed by atoms with van der Waals surface area (Å²) in [7, 11) is -4.01. The first-order valence-electron chi connectivity index (χ1n) is 6.95. The number of hydrogen-bond acceptors (Lipinski definition) is 5. The summed E-state index contributed by atoms with van der Waals surface area (Å²) < 4.78 is 39.9. The molecule has 0 aromatic heterocycles. The lowest BCUT2D eigenvalue weighted by Crippen LogP contribution is -2.35. The van der Waals surface area contributed by atoms with Crippen molar-refractivity contribution < 1.29 is 27.2 Å². The van der Waals surface area contributed by atoms with E-state index in [0.717, 1.165) is 12.8 Å². The Bertz CT molecular complexity index is 409. The van der Waals surface area contributed by atoms with Gasteiger partial charge in [-0.05, 0) is 32.6 Å². The number of hydrogen-bond donors (Lipinski definition) is 1. The van der Waals surface area contributed by atoms with Crippen molar-refractivity contribution in [3.63, 3.8) is 0 Å². The van der Waals surface area contributed by atoms with Gasteiger partial charge in [0.15, 0.2) is 0 Å². The van der Waals surface area contributed by atoms with Crippen molar-refractivity contribution in [2.75, 3.05) is 19.0 Å². The second-order valence-corrected chi connectivity index (χ2v) is 7.28. The molecule has 0 aliphatic heterocycles. The molecule has 0 atom stereocenters. The Balaban J connectivity index is 2.19. The van der Waals surface area contributed by atoms with Gasteiger partial charge in [0.25, 0.3) is 10.1 Å². The molecule has 1 aliphatic rings. The highest BCUT2D eigenvalue weighted by atomic mass is 32.2. The van der Waals surface area contributed by atoms with Gasteiger partial charge in [0.1, 0.15) is 5.60 Å². The highest BCUT2D eigenvalue weighted by Gasteiger charge is 2.34. The predicted molar refractivity (Wildman–Crippen MR) is 74.0 cm³/mol. The maximum Gasteiger partial charge on any atom is 0.308 e. The lowest BCUT2D eigenvalue weighted by atomic mass is 9.89. The standard InChI is InChI=1S/C13H24O6S/c1-13(2,11-5-3-4-6-11)19-12(14)7-8-18-9-10-20(15,16)17/h11H,3-10H2,1-2H3,(H,15,16,17). The van der Waals surface area contributed by atoms with E-state index in [1.54, 1.807) is 0 Å². The first-order valence-corrected chi connectivity index (χ1v) is 8.56. The third kappa shape index (κ3) is 6.67. The van der Waals surface area contributed by atoms with Crippen LogP contribution in [0.5, 0.6) is 0 Å². The zero-order chi connectivity index (χ0) is 15.2. The summed E-state index contributed by atoms with van der Waals surface area (Å²) in [5.74, 6) is -0.393. The number of carbonyl (C=O) groups is 1. The molecule has 6 nitrogen and oxygen atoms in total. The van der Waals surface area contributed by atoms with Crippen LogP contribution < -0.4 is 0 Å². The van der Waals surface area contributed by atoms with Gasteiger partial charge in [-0.1, -0.05) is 12.8 Å². The summed E-state index contributed by atoms with van der Waals surface area (Å²) in [6.45, 7) is 3.83. The van der Waals surface area contributed by atoms with E-state index >= 15 is 0 Å². The maximum absolute atomic E-state index is 11.7. The molecule has 20 heavy (non-hydrogen) atoms. The second-order valence-electron chi connectivity index (χ2n) is 5.71. The molecule has 0 unspecified atom stereocenters. The van der Waals surface area contributed by atoms with Crippen LogP contribution in [-0.2, 0) is 24.4 Å². The van der Waals surface area contributed by atoms with Crippen molar-refractivity contribution >= 4 is 16.1 Å². The minimum Gasteiger partial charge on any atom is -0.459 e. The van der Waals surface area contributed by atoms with E-state index in [9.17, 15) is 13.2 Å². The summed E-state index contributed by atoms with van der Waals surface area (Å²) in [5, 5.41) is 0. The normalized spacial score (nSPS) is 17.4. The molecule has 1 rings (SSSR count). The predicted octanol–water partition coefficient (Wildman–Crippen LogP) is 1.79. The van der Waals surface area contributed by atoms with Gasteiger partial charge in [0, 0.05) is 0 Å². The Morgan fingerprint density at radius 3 is 2.40 bits per heavy atom. The molecule has 1 N–H and O–H groups in total. The molecule has 0 aromatic carbocycles. The number of esters is 1. The molecule has 0 radical (unpaired) electrons. The minimum absolute atomic E-state index is 0.0849. The molecule has 7 heteroatoms. The van der Waals surface area contributed by atoms with Crippen molar-refractivity contribution in [1.29, 1.82) is 0 Å². The van der Waals surface area contributed by atoms with E-state index in [4.69, 9.17) is 14.0 Å². The van der Waals surface area contributed by atoms with E-state index < -0.39 is 21.5 Å². The van der Waals surface area contributed by atoms with Crippen LogP contribution in [0.1, 0.15) is 46.0 Å². The quantitative estimate of drug-likeness (QED) is 0.418. The Kier molecular flexibility index (Phi) is 6.42. The fourth-order valence-electron chi connectivity index (χ4n) is 2.47. The number of ether oxygens (including phenoxy) is 2. The molecular weight excluding hydrogens is 284 g/mol. The largest absolute Gasteiger partial charge is 0.459 e. The van der Waals surface area contributed by atoms with E-state index in [1.165, 1.54) is 12.8 Å². The molecule has 118 valence electrons. The fourth-order valence-corrected chi connectivity index (χ4v) is 2.80. The molecule has 1 fully saturated rings. The molecule has 0 amide bonds. The van der Waals surface area contributed by atoms with Crippen molar-refractivity contribution in [1.82, 2.24) is 0 Å². The first-order chi connectivity index (χ1) is 9.21. The van der Waals surface area contributed by atoms with Gasteiger partial charge in [-0.25, -0.2) is 0 Å². The Morgan fingerprint density at radius 2 is 1.85 bits per heavy atom. The zero-order valence-corrected chi connectivity index (χ0v) is 12.9. The molecule has 0 heterocycles. The maximum atomic E-state index is 11.7. The van der Waals surface area contributed by atoms with E-state index in [-0.39, 0.29) is 25.6 Å². The average molecular weight is 308 g/mol. The second kappa shape index (κ2) is 7.38. The molecule has 1 aliphatic carbocycles. The Hall–Kier alpha value is -0.660. The summed E-state index contributed by atoms with van der Waals surface area (Å²) in [4.78, 5) is 11.7. The van der Waals surface area contributed by atoms with Crippen LogP contribution in [-0.4, -0.2) is 43.5 Å². The molecule has 0 bridgehead atoms. The monoisotopic (exact) mass is 308 g/mol. The van der Waals surface area contributed by atoms with Crippen molar-refractivity contribution in [2.24, 2.45) is 5.92 Å². The van der Waals surface area contributed by atoms with Crippen molar-refractivity contribution in [2.45, 2.75) is 51.6 Å². The Morgan fingerprint density at radius 1 is 1.25 bits per heavy atom. The lowest BCUT2D eigenvalue weighted by Gasteiger charge is -2.31. The average Bonchev–Trinajstić information content (AvgIpc) is 2.80. The SMILES string of the molecule is CC(C)(OC(=O)CCOCCS(=O)(=O)O)C1CCCC1. The topological polar surface area (TPSA) is 89.9 Å². The third-order valence-electron chi connectivity index (χ3n) is 3.65. The van der Waals surface area contributed by atoms with Crippen LogP contribution in [0.25, 0.3) is 0 Å². The van der Waals surface area contributed by atoms with Crippen LogP contribution in [0.15, 0.2) is 0 Å². The van der Waals surface area contributed by atoms with Gasteiger partial charge in [0.2, 0.25) is 0 Å². The van der Waals surface area contributed by atoms with Gasteiger partial charge in [0.05, 0.1) is 25.4 Å². The van der Waals surface area contributed by atoms with E-state index in [0.29, 0.717) is 5.92 Å². The highest BCUT2D eigenvalue weighted by Crippen LogP contribution is 2.36. The van der Waals surface area contributed by atoms with Gasteiger partial charge in [-0.3, -0.25) is 9.35 Å². The smallest absolute Gasteiger partial charge is 0.308 e. The van der Waals surface area contributed by atoms with Crippen molar-refractivity contribution in [3.8, 4) is 0 Å². The van der Waals surface area contributed by atoms with Crippen molar-refractivity contribution in [3.05, 3.63) is 0 Å². The van der Waals surface area contributed by atoms with Gasteiger partial charge in [-0.2, -0.15) is 8.42 Å². The highest BCUT2D eigenvalue weighted by molar-refractivity contribution is 7.85. The first kappa shape index (κ1) is 17.4. The van der Waals surface area contributed by atoms with Crippen LogP contribution in [0, 0.1) is 5.92 Å². The summed E-state index contributed by atoms with van der Waals surface area (Å²) >= 11 is 0. The summed E-state index contributed by atoms with van der Waals surface area (Å²) in [6.07, 6.45) is 4.63. The van der Waals surface area contributed by atoms with Gasteiger partial charge >= 0.3 is 5.97 Å². The van der Waals surface area contributed by atoms with E-state index in [1.807, 2.05) is 13.8 Å². The number of carbonyl (C=O) groups excluding carboxylic acids is 1. The minimum atomic E-state index is -4.01. The molecular formula is C13H24O6S. The molecule has 0 saturated heterocycles. The number of rotatable bonds is 8. The van der Waals surface area contributed by atoms with Crippen LogP contribution in [0.2, 0.25) is 0 Å². The zero-order valence-electron chi connectivity index (χ0n) is 12.1. The van der Waals surface area contributed by atoms with Gasteiger partial charge in [-0.15, -0.1) is 0 Å². The summed E-state index contributed by atoms with van der Waals surface area (Å²) in [5.41, 5.74) is -0.456. The van der Waals surface area contributed by atoms with Gasteiger partial charge < -0.3 is 9.47 Å². The molecule has 0 aromatic rings.